The molecule has 1 heterocycles. The summed E-state index contributed by atoms with van der Waals surface area (Å²) in [6.45, 7) is -0.131. The Balaban J connectivity index is 2.15. The summed E-state index contributed by atoms with van der Waals surface area (Å²) in [5, 5.41) is 22.1. The van der Waals surface area contributed by atoms with Gasteiger partial charge in [0.05, 0.1) is 6.42 Å². The number of amides is 1. The molecule has 0 aliphatic heterocycles. The lowest BCUT2D eigenvalue weighted by molar-refractivity contribution is -0.271. The van der Waals surface area contributed by atoms with E-state index in [0.717, 1.165) is 23.6 Å². The lowest BCUT2D eigenvalue weighted by Crippen LogP contribution is -2.50. The van der Waals surface area contributed by atoms with Crippen molar-refractivity contribution in [3.05, 3.63) is 18.2 Å². The monoisotopic (exact) mass is 349 g/mol. The molecular weight excluding hydrogens is 327 g/mol. The Morgan fingerprint density at radius 1 is 1.42 bits per heavy atom. The maximum atomic E-state index is 13.4. The van der Waals surface area contributed by atoms with Crippen molar-refractivity contribution >= 4 is 5.91 Å². The number of hydrogen-bond donors (Lipinski definition) is 3. The van der Waals surface area contributed by atoms with Crippen LogP contribution in [-0.2, 0) is 17.4 Å². The molecule has 1 aliphatic rings. The second kappa shape index (κ2) is 7.10. The predicted molar refractivity (Wildman–Crippen MR) is 78.8 cm³/mol. The summed E-state index contributed by atoms with van der Waals surface area (Å²) in [5.74, 6) is -1.72. The van der Waals surface area contributed by atoms with E-state index in [2.05, 4.69) is 10.3 Å². The van der Waals surface area contributed by atoms with E-state index in [1.54, 1.807) is 0 Å². The van der Waals surface area contributed by atoms with E-state index in [1.807, 2.05) is 0 Å². The first kappa shape index (κ1) is 18.7. The van der Waals surface area contributed by atoms with E-state index in [4.69, 9.17) is 0 Å². The van der Waals surface area contributed by atoms with Gasteiger partial charge in [-0.25, -0.2) is 4.98 Å². The van der Waals surface area contributed by atoms with E-state index >= 15 is 0 Å². The van der Waals surface area contributed by atoms with Gasteiger partial charge >= 0.3 is 6.18 Å². The van der Waals surface area contributed by atoms with Gasteiger partial charge in [-0.15, -0.1) is 0 Å². The molecule has 2 rings (SSSR count). The summed E-state index contributed by atoms with van der Waals surface area (Å²) in [4.78, 5) is 15.7. The second-order valence-corrected chi connectivity index (χ2v) is 6.30. The van der Waals surface area contributed by atoms with Crippen molar-refractivity contribution in [2.24, 2.45) is 13.0 Å². The summed E-state index contributed by atoms with van der Waals surface area (Å²) in [7, 11) is 1.32. The van der Waals surface area contributed by atoms with Crippen molar-refractivity contribution in [2.45, 2.75) is 49.9 Å². The molecule has 0 bridgehead atoms. The van der Waals surface area contributed by atoms with Crippen LogP contribution in [-0.4, -0.2) is 44.5 Å². The summed E-state index contributed by atoms with van der Waals surface area (Å²) in [5.41, 5.74) is -3.36. The van der Waals surface area contributed by atoms with Crippen LogP contribution in [0.2, 0.25) is 0 Å². The predicted octanol–water partition coefficient (Wildman–Crippen LogP) is 1.23. The van der Waals surface area contributed by atoms with Crippen molar-refractivity contribution in [3.8, 4) is 0 Å². The van der Waals surface area contributed by atoms with Gasteiger partial charge in [-0.2, -0.15) is 13.2 Å². The molecule has 1 aromatic rings. The molecule has 3 N–H and O–H groups in total. The normalized spacial score (nSPS) is 24.4. The zero-order chi connectivity index (χ0) is 18.0. The van der Waals surface area contributed by atoms with Crippen molar-refractivity contribution in [3.63, 3.8) is 0 Å². The Bertz CT molecular complexity index is 576. The Labute approximate surface area is 137 Å². The average molecular weight is 349 g/mol. The van der Waals surface area contributed by atoms with E-state index < -0.39 is 29.9 Å². The number of aliphatic hydroxyl groups is 2. The molecule has 24 heavy (non-hydrogen) atoms. The molecule has 1 aliphatic carbocycles. The van der Waals surface area contributed by atoms with Crippen molar-refractivity contribution in [1.29, 1.82) is 0 Å². The molecule has 1 aromatic heterocycles. The second-order valence-electron chi connectivity index (χ2n) is 6.30. The zero-order valence-corrected chi connectivity index (χ0v) is 13.4. The molecule has 0 aromatic carbocycles. The highest BCUT2D eigenvalue weighted by Gasteiger charge is 2.58. The third kappa shape index (κ3) is 3.72. The van der Waals surface area contributed by atoms with Crippen molar-refractivity contribution in [1.82, 2.24) is 14.9 Å². The Morgan fingerprint density at radius 2 is 2.08 bits per heavy atom. The lowest BCUT2D eigenvalue weighted by Gasteiger charge is -2.33. The fraction of sp³-hybridized carbons (Fsp3) is 0.733. The molecule has 3 unspecified atom stereocenters. The van der Waals surface area contributed by atoms with Crippen LogP contribution in [0, 0.1) is 5.92 Å². The Morgan fingerprint density at radius 3 is 2.62 bits per heavy atom. The number of alkyl halides is 3. The van der Waals surface area contributed by atoms with Gasteiger partial charge in [-0.1, -0.05) is 12.8 Å². The number of nitrogens with zero attached hydrogens (tertiary/aromatic N) is 2. The van der Waals surface area contributed by atoms with E-state index in [9.17, 15) is 28.2 Å². The van der Waals surface area contributed by atoms with Gasteiger partial charge in [0.1, 0.15) is 0 Å². The summed E-state index contributed by atoms with van der Waals surface area (Å²) >= 11 is 0. The van der Waals surface area contributed by atoms with E-state index in [-0.39, 0.29) is 18.6 Å². The van der Waals surface area contributed by atoms with Gasteiger partial charge in [-0.3, -0.25) is 4.79 Å². The highest BCUT2D eigenvalue weighted by atomic mass is 19.4. The zero-order valence-electron chi connectivity index (χ0n) is 13.4. The fourth-order valence-corrected chi connectivity index (χ4v) is 3.18. The largest absolute Gasteiger partial charge is 0.425 e. The lowest BCUT2D eigenvalue weighted by atomic mass is 9.84. The van der Waals surface area contributed by atoms with Crippen LogP contribution in [0.15, 0.2) is 12.4 Å². The minimum atomic E-state index is -5.05. The van der Waals surface area contributed by atoms with Gasteiger partial charge in [0.2, 0.25) is 11.5 Å². The topological polar surface area (TPSA) is 87.4 Å². The molecule has 3 atom stereocenters. The Hall–Kier alpha value is -1.61. The van der Waals surface area contributed by atoms with Gasteiger partial charge in [-0.05, 0) is 12.8 Å². The standard InChI is InChI=1S/C15H22F3N3O3/c1-21-7-6-19-13(21)14(24,15(16,17)18)8-12(23)20-11-5-3-2-4-10(11)9-22/h6-7,10-11,22,24H,2-5,8-9H2,1H3,(H,20,23). The number of halogens is 3. The number of carbonyl (C=O) groups is 1. The highest BCUT2D eigenvalue weighted by molar-refractivity contribution is 5.77. The molecule has 1 fully saturated rings. The molecule has 1 saturated carbocycles. The van der Waals surface area contributed by atoms with Crippen molar-refractivity contribution < 1.29 is 28.2 Å². The van der Waals surface area contributed by atoms with Gasteiger partial charge in [0.25, 0.3) is 0 Å². The minimum Gasteiger partial charge on any atom is -0.396 e. The number of nitrogens with one attached hydrogen (secondary N) is 1. The molecule has 9 heteroatoms. The van der Waals surface area contributed by atoms with E-state index in [0.29, 0.717) is 12.8 Å². The molecule has 0 spiro atoms. The first-order chi connectivity index (χ1) is 11.2. The summed E-state index contributed by atoms with van der Waals surface area (Å²) < 4.78 is 41.3. The maximum absolute atomic E-state index is 13.4. The SMILES string of the molecule is Cn1ccnc1C(O)(CC(=O)NC1CCCCC1CO)C(F)(F)F. The van der Waals surface area contributed by atoms with Gasteiger partial charge in [0.15, 0.2) is 5.82 Å². The van der Waals surface area contributed by atoms with Crippen LogP contribution in [0.25, 0.3) is 0 Å². The first-order valence-electron chi connectivity index (χ1n) is 7.86. The number of imidazole rings is 1. The average Bonchev–Trinajstić information content (AvgIpc) is 2.93. The van der Waals surface area contributed by atoms with E-state index in [1.165, 1.54) is 13.2 Å². The number of aryl methyl sites for hydroxylation is 1. The number of aromatic nitrogens is 2. The van der Waals surface area contributed by atoms with Gasteiger partial charge < -0.3 is 20.1 Å². The molecule has 0 saturated heterocycles. The molecule has 136 valence electrons. The first-order valence-corrected chi connectivity index (χ1v) is 7.86. The molecule has 1 amide bonds. The number of carbonyl (C=O) groups excluding carboxylic acids is 1. The Kier molecular flexibility index (Phi) is 5.54. The molecular formula is C15H22F3N3O3. The molecule has 0 radical (unpaired) electrons. The number of aliphatic hydroxyl groups excluding tert-OH is 1. The van der Waals surface area contributed by atoms with Crippen LogP contribution in [0.4, 0.5) is 13.2 Å². The summed E-state index contributed by atoms with van der Waals surface area (Å²) in [6.07, 6.45) is -0.752. The number of hydrogen-bond acceptors (Lipinski definition) is 4. The van der Waals surface area contributed by atoms with Gasteiger partial charge in [0, 0.05) is 38.0 Å². The quantitative estimate of drug-likeness (QED) is 0.746. The third-order valence-corrected chi connectivity index (χ3v) is 4.57. The van der Waals surface area contributed by atoms with Crippen LogP contribution in [0.1, 0.15) is 37.9 Å². The molecule has 6 nitrogen and oxygen atoms in total. The number of rotatable bonds is 5. The summed E-state index contributed by atoms with van der Waals surface area (Å²) in [6, 6.07) is -0.380. The maximum Gasteiger partial charge on any atom is 0.425 e. The smallest absolute Gasteiger partial charge is 0.396 e. The van der Waals surface area contributed by atoms with Crippen LogP contribution in [0.5, 0.6) is 0 Å². The highest BCUT2D eigenvalue weighted by Crippen LogP contribution is 2.40. The minimum absolute atomic E-state index is 0.131. The van der Waals surface area contributed by atoms with Crippen molar-refractivity contribution in [2.75, 3.05) is 6.61 Å². The van der Waals surface area contributed by atoms with Crippen LogP contribution >= 0.6 is 0 Å². The fourth-order valence-electron chi connectivity index (χ4n) is 3.18. The van der Waals surface area contributed by atoms with Crippen LogP contribution < -0.4 is 5.32 Å². The van der Waals surface area contributed by atoms with Crippen LogP contribution in [0.3, 0.4) is 0 Å². The third-order valence-electron chi connectivity index (χ3n) is 4.57.